The van der Waals surface area contributed by atoms with Crippen LogP contribution >= 0.6 is 11.8 Å². The topological polar surface area (TPSA) is 118 Å². The molecule has 12 heteroatoms. The van der Waals surface area contributed by atoms with Gasteiger partial charge in [0.2, 0.25) is 5.91 Å². The third kappa shape index (κ3) is 3.92. The Hall–Kier alpha value is -3.51. The van der Waals surface area contributed by atoms with Crippen LogP contribution in [0.3, 0.4) is 0 Å². The van der Waals surface area contributed by atoms with Gasteiger partial charge in [-0.05, 0) is 37.6 Å². The van der Waals surface area contributed by atoms with Crippen LogP contribution in [-0.2, 0) is 16.1 Å². The number of ether oxygens (including phenoxy) is 1. The second-order valence-electron chi connectivity index (χ2n) is 8.65. The third-order valence-corrected chi connectivity index (χ3v) is 7.46. The minimum absolute atomic E-state index is 0.121. The molecule has 180 valence electrons. The Kier molecular flexibility index (Phi) is 5.41. The van der Waals surface area contributed by atoms with Crippen molar-refractivity contribution < 1.29 is 18.7 Å². The van der Waals surface area contributed by atoms with E-state index in [4.69, 9.17) is 4.74 Å². The summed E-state index contributed by atoms with van der Waals surface area (Å²) >= 11 is 1.41. The van der Waals surface area contributed by atoms with E-state index in [1.165, 1.54) is 28.9 Å². The molecule has 1 fully saturated rings. The van der Waals surface area contributed by atoms with Gasteiger partial charge in [0.05, 0.1) is 40.5 Å². The van der Waals surface area contributed by atoms with E-state index in [1.807, 2.05) is 6.07 Å². The Labute approximate surface area is 202 Å². The van der Waals surface area contributed by atoms with E-state index in [0.717, 1.165) is 4.90 Å². The molecule has 0 unspecified atom stereocenters. The van der Waals surface area contributed by atoms with Crippen LogP contribution in [0.25, 0.3) is 11.0 Å². The van der Waals surface area contributed by atoms with Gasteiger partial charge in [-0.15, -0.1) is 11.8 Å². The van der Waals surface area contributed by atoms with Crippen molar-refractivity contribution >= 4 is 46.4 Å². The molecule has 0 saturated carbocycles. The Balaban J connectivity index is 1.06. The highest BCUT2D eigenvalue weighted by atomic mass is 32.2. The van der Waals surface area contributed by atoms with Crippen LogP contribution in [0.1, 0.15) is 24.4 Å². The van der Waals surface area contributed by atoms with Crippen molar-refractivity contribution in [3.63, 3.8) is 0 Å². The summed E-state index contributed by atoms with van der Waals surface area (Å²) in [7, 11) is 0. The highest BCUT2D eigenvalue weighted by Gasteiger charge is 2.34. The molecular weight excluding hydrogens is 475 g/mol. The molecule has 2 amide bonds. The number of aromatic nitrogens is 3. The van der Waals surface area contributed by atoms with Gasteiger partial charge in [0.15, 0.2) is 0 Å². The van der Waals surface area contributed by atoms with Gasteiger partial charge in [-0.3, -0.25) is 19.5 Å². The first kappa shape index (κ1) is 22.0. The summed E-state index contributed by atoms with van der Waals surface area (Å²) < 4.78 is 21.6. The lowest BCUT2D eigenvalue weighted by molar-refractivity contribution is -0.113. The maximum atomic E-state index is 14.6. The van der Waals surface area contributed by atoms with Gasteiger partial charge in [0.25, 0.3) is 5.56 Å². The summed E-state index contributed by atoms with van der Waals surface area (Å²) in [6, 6.07) is 6.32. The summed E-state index contributed by atoms with van der Waals surface area (Å²) in [5.41, 5.74) is 1.43. The van der Waals surface area contributed by atoms with Gasteiger partial charge < -0.3 is 19.9 Å². The van der Waals surface area contributed by atoms with Gasteiger partial charge in [-0.25, -0.2) is 14.2 Å². The Bertz CT molecular complexity index is 1430. The molecule has 3 aliphatic rings. The molecule has 6 rings (SSSR count). The van der Waals surface area contributed by atoms with Crippen LogP contribution in [-0.4, -0.2) is 51.5 Å². The fraction of sp³-hybridized carbons (Fsp3) is 0.348. The SMILES string of the molecule is O=C1CSc2ccc(N3C[C@@H](CCCN[C@@H]4Cn5c(=O)ccc6ncc(F)c4c65)OC3=O)nc2N1. The maximum absolute atomic E-state index is 14.6. The first-order valence-corrected chi connectivity index (χ1v) is 12.3. The molecule has 3 aliphatic heterocycles. The van der Waals surface area contributed by atoms with Crippen LogP contribution in [0.4, 0.5) is 20.8 Å². The first-order valence-electron chi connectivity index (χ1n) is 11.3. The number of thioether (sulfide) groups is 1. The van der Waals surface area contributed by atoms with Crippen LogP contribution in [0.2, 0.25) is 0 Å². The van der Waals surface area contributed by atoms with Crippen molar-refractivity contribution in [3.05, 3.63) is 52.2 Å². The number of rotatable bonds is 6. The summed E-state index contributed by atoms with van der Waals surface area (Å²) in [6.45, 7) is 1.26. The van der Waals surface area contributed by atoms with E-state index in [1.54, 1.807) is 16.7 Å². The number of anilines is 2. The number of amides is 2. The molecule has 0 spiro atoms. The fourth-order valence-electron chi connectivity index (χ4n) is 4.79. The van der Waals surface area contributed by atoms with Gasteiger partial charge >= 0.3 is 6.09 Å². The largest absolute Gasteiger partial charge is 0.444 e. The van der Waals surface area contributed by atoms with Crippen LogP contribution in [0, 0.1) is 5.82 Å². The number of carbonyl (C=O) groups excluding carboxylic acids is 2. The molecule has 2 atom stereocenters. The molecule has 0 aliphatic carbocycles. The number of halogens is 1. The quantitative estimate of drug-likeness (QED) is 0.500. The normalized spacial score (nSPS) is 20.8. The molecule has 35 heavy (non-hydrogen) atoms. The Morgan fingerprint density at radius 1 is 1.20 bits per heavy atom. The minimum Gasteiger partial charge on any atom is -0.444 e. The van der Waals surface area contributed by atoms with Gasteiger partial charge in [-0.2, -0.15) is 0 Å². The monoisotopic (exact) mass is 496 g/mol. The highest BCUT2D eigenvalue weighted by Crippen LogP contribution is 2.34. The molecule has 3 aromatic heterocycles. The zero-order valence-electron chi connectivity index (χ0n) is 18.5. The van der Waals surface area contributed by atoms with Crippen molar-refractivity contribution in [2.24, 2.45) is 0 Å². The van der Waals surface area contributed by atoms with Crippen molar-refractivity contribution in [1.82, 2.24) is 19.9 Å². The number of hydrogen-bond acceptors (Lipinski definition) is 8. The van der Waals surface area contributed by atoms with E-state index in [9.17, 15) is 18.8 Å². The zero-order valence-corrected chi connectivity index (χ0v) is 19.3. The van der Waals surface area contributed by atoms with Gasteiger partial charge in [-0.1, -0.05) is 0 Å². The zero-order chi connectivity index (χ0) is 24.1. The van der Waals surface area contributed by atoms with Crippen molar-refractivity contribution in [2.45, 2.75) is 36.4 Å². The lowest BCUT2D eigenvalue weighted by Crippen LogP contribution is -2.28. The van der Waals surface area contributed by atoms with E-state index in [2.05, 4.69) is 20.6 Å². The number of pyridine rings is 3. The van der Waals surface area contributed by atoms with Crippen LogP contribution < -0.4 is 21.1 Å². The van der Waals surface area contributed by atoms with Gasteiger partial charge in [0, 0.05) is 18.2 Å². The molecular formula is C23H21FN6O4S. The molecule has 2 N–H and O–H groups in total. The maximum Gasteiger partial charge on any atom is 0.415 e. The van der Waals surface area contributed by atoms with E-state index >= 15 is 0 Å². The average molecular weight is 497 g/mol. The van der Waals surface area contributed by atoms with E-state index < -0.39 is 11.9 Å². The number of nitrogens with zero attached hydrogens (tertiary/aromatic N) is 4. The summed E-state index contributed by atoms with van der Waals surface area (Å²) in [4.78, 5) is 47.2. The minimum atomic E-state index is -0.475. The average Bonchev–Trinajstić information content (AvgIpc) is 3.42. The molecule has 10 nitrogen and oxygen atoms in total. The predicted molar refractivity (Wildman–Crippen MR) is 127 cm³/mol. The smallest absolute Gasteiger partial charge is 0.415 e. The fourth-order valence-corrected chi connectivity index (χ4v) is 5.54. The number of nitrogens with one attached hydrogen (secondary N) is 2. The van der Waals surface area contributed by atoms with Crippen LogP contribution in [0.5, 0.6) is 0 Å². The number of carbonyl (C=O) groups is 2. The molecule has 3 aromatic rings. The van der Waals surface area contributed by atoms with Crippen molar-refractivity contribution in [3.8, 4) is 0 Å². The molecule has 6 heterocycles. The number of fused-ring (bicyclic) bond motifs is 1. The van der Waals surface area contributed by atoms with Gasteiger partial charge in [0.1, 0.15) is 23.6 Å². The van der Waals surface area contributed by atoms with E-state index in [-0.39, 0.29) is 23.6 Å². The standard InChI is InChI=1S/C23H21FN6O4S/c24-13-8-26-14-3-6-19(32)30-10-15(20(13)21(14)30)25-7-1-2-12-9-29(23(33)34-12)17-5-4-16-22(27-17)28-18(31)11-35-16/h3-6,8,12,15,25H,1-2,7,9-11H2,(H,27,28,31)/t12-,15-/m1/s1. The summed E-state index contributed by atoms with van der Waals surface area (Å²) in [6.07, 6.45) is 1.71. The second-order valence-corrected chi connectivity index (χ2v) is 9.67. The van der Waals surface area contributed by atoms with E-state index in [0.29, 0.717) is 66.5 Å². The summed E-state index contributed by atoms with van der Waals surface area (Å²) in [5, 5.41) is 6.07. The second kappa shape index (κ2) is 8.61. The predicted octanol–water partition coefficient (Wildman–Crippen LogP) is 2.42. The lowest BCUT2D eigenvalue weighted by atomic mass is 10.1. The number of hydrogen-bond donors (Lipinski definition) is 2. The molecule has 0 aromatic carbocycles. The van der Waals surface area contributed by atoms with Crippen molar-refractivity contribution in [2.75, 3.05) is 29.1 Å². The third-order valence-electron chi connectivity index (χ3n) is 6.41. The Morgan fingerprint density at radius 3 is 2.97 bits per heavy atom. The molecule has 1 saturated heterocycles. The lowest BCUT2D eigenvalue weighted by Gasteiger charge is -2.18. The van der Waals surface area contributed by atoms with Crippen LogP contribution in [0.15, 0.2) is 40.2 Å². The Morgan fingerprint density at radius 2 is 2.09 bits per heavy atom. The van der Waals surface area contributed by atoms with Crippen molar-refractivity contribution in [1.29, 1.82) is 0 Å². The number of cyclic esters (lactones) is 1. The first-order chi connectivity index (χ1) is 17.0. The highest BCUT2D eigenvalue weighted by molar-refractivity contribution is 8.00. The molecule has 0 radical (unpaired) electrons. The summed E-state index contributed by atoms with van der Waals surface area (Å²) in [5.74, 6) is 0.684. The molecule has 0 bridgehead atoms.